The number of rotatable bonds is 1. The Morgan fingerprint density at radius 3 is 2.50 bits per heavy atom. The van der Waals surface area contributed by atoms with Crippen molar-refractivity contribution in [2.24, 2.45) is 0 Å². The molecule has 2 rings (SSSR count). The van der Waals surface area contributed by atoms with Gasteiger partial charge in [0.1, 0.15) is 0 Å². The number of alkyl halides is 1. The first kappa shape index (κ1) is 12.0. The van der Waals surface area contributed by atoms with E-state index in [1.165, 1.54) is 6.42 Å². The Balaban J connectivity index is 2.36. The quantitative estimate of drug-likeness (QED) is 0.658. The minimum atomic E-state index is -0.692. The van der Waals surface area contributed by atoms with Crippen molar-refractivity contribution in [3.63, 3.8) is 0 Å². The summed E-state index contributed by atoms with van der Waals surface area (Å²) in [6.07, 6.45) is 4.25. The highest BCUT2D eigenvalue weighted by Gasteiger charge is 2.27. The lowest BCUT2D eigenvalue weighted by atomic mass is 9.83. The van der Waals surface area contributed by atoms with E-state index in [9.17, 15) is 8.78 Å². The predicted octanol–water partition coefficient (Wildman–Crippen LogP) is 4.69. The van der Waals surface area contributed by atoms with Gasteiger partial charge in [-0.3, -0.25) is 0 Å². The molecule has 88 valence electrons. The van der Waals surface area contributed by atoms with Crippen LogP contribution in [0.25, 0.3) is 0 Å². The van der Waals surface area contributed by atoms with Gasteiger partial charge in [-0.2, -0.15) is 0 Å². The van der Waals surface area contributed by atoms with E-state index in [0.29, 0.717) is 11.1 Å². The van der Waals surface area contributed by atoms with Crippen LogP contribution in [-0.2, 0) is 0 Å². The average molecular weight is 289 g/mol. The Hall–Kier alpha value is -0.440. The third kappa shape index (κ3) is 2.15. The molecule has 0 radical (unpaired) electrons. The first-order chi connectivity index (χ1) is 7.61. The highest BCUT2D eigenvalue weighted by atomic mass is 79.9. The highest BCUT2D eigenvalue weighted by Crippen LogP contribution is 2.39. The molecule has 0 heterocycles. The molecule has 1 aromatic rings. The summed E-state index contributed by atoms with van der Waals surface area (Å²) >= 11 is 3.58. The Morgan fingerprint density at radius 1 is 1.12 bits per heavy atom. The molecule has 1 aliphatic carbocycles. The maximum atomic E-state index is 13.8. The summed E-state index contributed by atoms with van der Waals surface area (Å²) in [7, 11) is 0. The molecule has 16 heavy (non-hydrogen) atoms. The van der Waals surface area contributed by atoms with Gasteiger partial charge in [0.2, 0.25) is 0 Å². The van der Waals surface area contributed by atoms with Gasteiger partial charge in [0, 0.05) is 4.83 Å². The second-order valence-electron chi connectivity index (χ2n) is 4.51. The summed E-state index contributed by atoms with van der Waals surface area (Å²) in [6, 6.07) is 3.40. The summed E-state index contributed by atoms with van der Waals surface area (Å²) in [5, 5.41) is 0. The molecule has 1 aliphatic rings. The first-order valence-corrected chi connectivity index (χ1v) is 6.61. The number of benzene rings is 1. The second kappa shape index (κ2) is 4.82. The lowest BCUT2D eigenvalue weighted by molar-refractivity contribution is 0.428. The van der Waals surface area contributed by atoms with E-state index in [-0.39, 0.29) is 10.7 Å². The van der Waals surface area contributed by atoms with E-state index in [1.807, 2.05) is 0 Å². The highest BCUT2D eigenvalue weighted by molar-refractivity contribution is 9.09. The molecule has 1 aromatic carbocycles. The molecular formula is C13H15BrF2. The molecule has 1 saturated carbocycles. The first-order valence-electron chi connectivity index (χ1n) is 5.70. The Labute approximate surface area is 103 Å². The molecule has 0 amide bonds. The summed E-state index contributed by atoms with van der Waals surface area (Å²) < 4.78 is 27.3. The van der Waals surface area contributed by atoms with Crippen LogP contribution in [0.15, 0.2) is 12.1 Å². The van der Waals surface area contributed by atoms with Crippen LogP contribution in [0.3, 0.4) is 0 Å². The largest absolute Gasteiger partial charge is 0.203 e. The summed E-state index contributed by atoms with van der Waals surface area (Å²) in [5.41, 5.74) is 0.910. The third-order valence-corrected chi connectivity index (χ3v) is 4.48. The van der Waals surface area contributed by atoms with E-state index < -0.39 is 11.6 Å². The molecule has 1 fully saturated rings. The van der Waals surface area contributed by atoms with Crippen molar-refractivity contribution in [1.29, 1.82) is 0 Å². The van der Waals surface area contributed by atoms with Gasteiger partial charge in [-0.05, 0) is 36.8 Å². The number of halogens is 3. The fourth-order valence-electron chi connectivity index (χ4n) is 2.38. The minimum absolute atomic E-state index is 0.115. The van der Waals surface area contributed by atoms with Gasteiger partial charge in [-0.1, -0.05) is 40.9 Å². The second-order valence-corrected chi connectivity index (χ2v) is 5.68. The van der Waals surface area contributed by atoms with Crippen LogP contribution < -0.4 is 0 Å². The van der Waals surface area contributed by atoms with Gasteiger partial charge in [-0.25, -0.2) is 8.78 Å². The Kier molecular flexibility index (Phi) is 3.63. The maximum absolute atomic E-state index is 13.8. The maximum Gasteiger partial charge on any atom is 0.162 e. The van der Waals surface area contributed by atoms with Crippen molar-refractivity contribution in [2.45, 2.75) is 43.4 Å². The Morgan fingerprint density at radius 2 is 1.81 bits per heavy atom. The fraction of sp³-hybridized carbons (Fsp3) is 0.538. The monoisotopic (exact) mass is 288 g/mol. The van der Waals surface area contributed by atoms with Gasteiger partial charge >= 0.3 is 0 Å². The van der Waals surface area contributed by atoms with E-state index in [2.05, 4.69) is 15.9 Å². The molecule has 3 heteroatoms. The van der Waals surface area contributed by atoms with Gasteiger partial charge in [0.15, 0.2) is 11.6 Å². The fourth-order valence-corrected chi connectivity index (χ4v) is 3.26. The summed E-state index contributed by atoms with van der Waals surface area (Å²) in [4.78, 5) is 0.276. The molecule has 0 aromatic heterocycles. The molecule has 0 N–H and O–H groups in total. The van der Waals surface area contributed by atoms with Crippen LogP contribution in [0.2, 0.25) is 0 Å². The molecule has 2 atom stereocenters. The number of hydrogen-bond acceptors (Lipinski definition) is 0. The summed E-state index contributed by atoms with van der Waals surface area (Å²) in [6.45, 7) is 1.59. The van der Waals surface area contributed by atoms with E-state index in [4.69, 9.17) is 0 Å². The van der Waals surface area contributed by atoms with Crippen LogP contribution in [0.4, 0.5) is 8.78 Å². The average Bonchev–Trinajstić information content (AvgIpc) is 2.28. The van der Waals surface area contributed by atoms with Crippen molar-refractivity contribution in [3.05, 3.63) is 34.9 Å². The number of aryl methyl sites for hydroxylation is 1. The van der Waals surface area contributed by atoms with Crippen LogP contribution >= 0.6 is 15.9 Å². The smallest absolute Gasteiger partial charge is 0.162 e. The molecule has 0 bridgehead atoms. The van der Waals surface area contributed by atoms with Crippen molar-refractivity contribution >= 4 is 15.9 Å². The molecular weight excluding hydrogens is 274 g/mol. The standard InChI is InChI=1S/C13H15BrF2/c1-8-6-7-10(13(16)12(8)15)9-4-2-3-5-11(9)14/h6-7,9,11H,2-5H2,1H3. The van der Waals surface area contributed by atoms with Crippen molar-refractivity contribution < 1.29 is 8.78 Å². The van der Waals surface area contributed by atoms with Crippen LogP contribution in [0.5, 0.6) is 0 Å². The van der Waals surface area contributed by atoms with Crippen LogP contribution in [0.1, 0.15) is 42.7 Å². The topological polar surface area (TPSA) is 0 Å². The minimum Gasteiger partial charge on any atom is -0.203 e. The molecule has 0 nitrogen and oxygen atoms in total. The van der Waals surface area contributed by atoms with Crippen molar-refractivity contribution in [3.8, 4) is 0 Å². The number of hydrogen-bond donors (Lipinski definition) is 0. The van der Waals surface area contributed by atoms with Gasteiger partial charge in [0.05, 0.1) is 0 Å². The lowest BCUT2D eigenvalue weighted by Gasteiger charge is -2.28. The van der Waals surface area contributed by atoms with Gasteiger partial charge in [0.25, 0.3) is 0 Å². The zero-order valence-corrected chi connectivity index (χ0v) is 10.9. The normalized spacial score (nSPS) is 25.8. The summed E-state index contributed by atoms with van der Waals surface area (Å²) in [5.74, 6) is -1.23. The van der Waals surface area contributed by atoms with Crippen LogP contribution in [0, 0.1) is 18.6 Å². The van der Waals surface area contributed by atoms with Crippen molar-refractivity contribution in [1.82, 2.24) is 0 Å². The van der Waals surface area contributed by atoms with E-state index in [1.54, 1.807) is 19.1 Å². The third-order valence-electron chi connectivity index (χ3n) is 3.39. The zero-order chi connectivity index (χ0) is 11.7. The molecule has 0 saturated heterocycles. The Bertz CT molecular complexity index is 390. The molecule has 0 spiro atoms. The molecule has 2 unspecified atom stereocenters. The van der Waals surface area contributed by atoms with Gasteiger partial charge in [-0.15, -0.1) is 0 Å². The lowest BCUT2D eigenvalue weighted by Crippen LogP contribution is -2.19. The van der Waals surface area contributed by atoms with Crippen molar-refractivity contribution in [2.75, 3.05) is 0 Å². The SMILES string of the molecule is Cc1ccc(C2CCCCC2Br)c(F)c1F. The van der Waals surface area contributed by atoms with E-state index >= 15 is 0 Å². The van der Waals surface area contributed by atoms with Gasteiger partial charge < -0.3 is 0 Å². The van der Waals surface area contributed by atoms with E-state index in [0.717, 1.165) is 19.3 Å². The predicted molar refractivity (Wildman–Crippen MR) is 65.0 cm³/mol. The molecule has 0 aliphatic heterocycles. The zero-order valence-electron chi connectivity index (χ0n) is 9.27. The van der Waals surface area contributed by atoms with Crippen LogP contribution in [-0.4, -0.2) is 4.83 Å².